The highest BCUT2D eigenvalue weighted by Crippen LogP contribution is 2.29. The SMILES string of the molecule is Cc1ccc(N)c(-c2ccc3ccccc3c2)c1. The number of hydrogen-bond donors (Lipinski definition) is 1. The van der Waals surface area contributed by atoms with Crippen LogP contribution in [0.4, 0.5) is 5.69 Å². The Morgan fingerprint density at radius 1 is 0.778 bits per heavy atom. The lowest BCUT2D eigenvalue weighted by Crippen LogP contribution is -1.90. The monoisotopic (exact) mass is 233 g/mol. The highest BCUT2D eigenvalue weighted by Gasteiger charge is 2.03. The lowest BCUT2D eigenvalue weighted by Gasteiger charge is -2.08. The molecule has 0 unspecified atom stereocenters. The van der Waals surface area contributed by atoms with E-state index in [9.17, 15) is 0 Å². The van der Waals surface area contributed by atoms with Gasteiger partial charge in [-0.2, -0.15) is 0 Å². The van der Waals surface area contributed by atoms with E-state index in [1.807, 2.05) is 12.1 Å². The van der Waals surface area contributed by atoms with Crippen molar-refractivity contribution < 1.29 is 0 Å². The molecule has 18 heavy (non-hydrogen) atoms. The van der Waals surface area contributed by atoms with Crippen molar-refractivity contribution in [2.45, 2.75) is 6.92 Å². The van der Waals surface area contributed by atoms with Gasteiger partial charge in [-0.3, -0.25) is 0 Å². The van der Waals surface area contributed by atoms with Gasteiger partial charge >= 0.3 is 0 Å². The van der Waals surface area contributed by atoms with Gasteiger partial charge in [0.2, 0.25) is 0 Å². The molecule has 0 amide bonds. The molecule has 3 aromatic carbocycles. The number of anilines is 1. The molecule has 0 aliphatic heterocycles. The summed E-state index contributed by atoms with van der Waals surface area (Å²) < 4.78 is 0. The molecule has 0 aromatic heterocycles. The molecule has 0 saturated carbocycles. The zero-order valence-electron chi connectivity index (χ0n) is 10.4. The normalized spacial score (nSPS) is 10.7. The molecule has 0 fully saturated rings. The maximum absolute atomic E-state index is 6.07. The van der Waals surface area contributed by atoms with Crippen LogP contribution in [0.15, 0.2) is 60.7 Å². The summed E-state index contributed by atoms with van der Waals surface area (Å²) in [4.78, 5) is 0. The van der Waals surface area contributed by atoms with Crippen molar-refractivity contribution in [3.63, 3.8) is 0 Å². The second-order valence-electron chi connectivity index (χ2n) is 4.65. The largest absolute Gasteiger partial charge is 0.398 e. The number of nitrogen functional groups attached to an aromatic ring is 1. The lowest BCUT2D eigenvalue weighted by molar-refractivity contribution is 1.47. The van der Waals surface area contributed by atoms with Gasteiger partial charge < -0.3 is 5.73 Å². The van der Waals surface area contributed by atoms with E-state index in [0.29, 0.717) is 0 Å². The zero-order valence-corrected chi connectivity index (χ0v) is 10.4. The van der Waals surface area contributed by atoms with Crippen LogP contribution < -0.4 is 5.73 Å². The van der Waals surface area contributed by atoms with Crippen molar-refractivity contribution >= 4 is 16.5 Å². The highest BCUT2D eigenvalue weighted by molar-refractivity contribution is 5.89. The van der Waals surface area contributed by atoms with Crippen molar-refractivity contribution in [3.8, 4) is 11.1 Å². The van der Waals surface area contributed by atoms with Gasteiger partial charge in [0.05, 0.1) is 0 Å². The van der Waals surface area contributed by atoms with E-state index >= 15 is 0 Å². The maximum Gasteiger partial charge on any atom is 0.0393 e. The van der Waals surface area contributed by atoms with E-state index in [-0.39, 0.29) is 0 Å². The van der Waals surface area contributed by atoms with E-state index in [1.54, 1.807) is 0 Å². The predicted octanol–water partition coefficient (Wildman–Crippen LogP) is 4.40. The first-order valence-corrected chi connectivity index (χ1v) is 6.09. The molecular weight excluding hydrogens is 218 g/mol. The summed E-state index contributed by atoms with van der Waals surface area (Å²) in [6, 6.07) is 21.0. The number of aryl methyl sites for hydroxylation is 1. The molecule has 1 nitrogen and oxygen atoms in total. The molecule has 3 rings (SSSR count). The van der Waals surface area contributed by atoms with Crippen molar-refractivity contribution in [2.75, 3.05) is 5.73 Å². The Kier molecular flexibility index (Phi) is 2.52. The Labute approximate surface area is 107 Å². The fraction of sp³-hybridized carbons (Fsp3) is 0.0588. The van der Waals surface area contributed by atoms with Crippen molar-refractivity contribution in [2.24, 2.45) is 0 Å². The van der Waals surface area contributed by atoms with Gasteiger partial charge in [-0.25, -0.2) is 0 Å². The second-order valence-corrected chi connectivity index (χ2v) is 4.65. The van der Waals surface area contributed by atoms with Crippen LogP contribution in [0.25, 0.3) is 21.9 Å². The van der Waals surface area contributed by atoms with Crippen molar-refractivity contribution in [1.82, 2.24) is 0 Å². The molecule has 0 spiro atoms. The van der Waals surface area contributed by atoms with Crippen LogP contribution in [0.1, 0.15) is 5.56 Å². The van der Waals surface area contributed by atoms with Crippen LogP contribution in [0.3, 0.4) is 0 Å². The number of nitrogens with two attached hydrogens (primary N) is 1. The summed E-state index contributed by atoms with van der Waals surface area (Å²) >= 11 is 0. The van der Waals surface area contributed by atoms with Gasteiger partial charge in [-0.1, -0.05) is 48.0 Å². The summed E-state index contributed by atoms with van der Waals surface area (Å²) in [6.07, 6.45) is 0. The van der Waals surface area contributed by atoms with Crippen LogP contribution >= 0.6 is 0 Å². The Bertz CT molecular complexity index is 714. The Hall–Kier alpha value is -2.28. The molecule has 2 N–H and O–H groups in total. The summed E-state index contributed by atoms with van der Waals surface area (Å²) in [5.74, 6) is 0. The molecule has 0 aliphatic carbocycles. The topological polar surface area (TPSA) is 26.0 Å². The average molecular weight is 233 g/mol. The maximum atomic E-state index is 6.07. The lowest BCUT2D eigenvalue weighted by atomic mass is 9.98. The number of fused-ring (bicyclic) bond motifs is 1. The third kappa shape index (κ3) is 1.84. The summed E-state index contributed by atoms with van der Waals surface area (Å²) in [5, 5.41) is 2.50. The standard InChI is InChI=1S/C17H15N/c1-12-6-9-17(18)16(10-12)15-8-7-13-4-2-3-5-14(13)11-15/h2-11H,18H2,1H3. The molecule has 0 saturated heterocycles. The Balaban J connectivity index is 2.22. The third-order valence-electron chi connectivity index (χ3n) is 3.27. The Morgan fingerprint density at radius 2 is 1.56 bits per heavy atom. The van der Waals surface area contributed by atoms with E-state index in [2.05, 4.69) is 55.5 Å². The van der Waals surface area contributed by atoms with E-state index in [0.717, 1.165) is 11.3 Å². The van der Waals surface area contributed by atoms with Crippen molar-refractivity contribution in [1.29, 1.82) is 0 Å². The molecule has 0 radical (unpaired) electrons. The number of hydrogen-bond acceptors (Lipinski definition) is 1. The third-order valence-corrected chi connectivity index (χ3v) is 3.27. The smallest absolute Gasteiger partial charge is 0.0393 e. The quantitative estimate of drug-likeness (QED) is 0.619. The first kappa shape index (κ1) is 10.8. The van der Waals surface area contributed by atoms with Crippen LogP contribution in [-0.4, -0.2) is 0 Å². The van der Waals surface area contributed by atoms with E-state index in [1.165, 1.54) is 21.9 Å². The molecule has 1 heteroatoms. The molecule has 88 valence electrons. The fourth-order valence-corrected chi connectivity index (χ4v) is 2.28. The van der Waals surface area contributed by atoms with Crippen molar-refractivity contribution in [3.05, 3.63) is 66.2 Å². The average Bonchev–Trinajstić information content (AvgIpc) is 2.41. The van der Waals surface area contributed by atoms with Gasteiger partial charge in [0.25, 0.3) is 0 Å². The first-order valence-electron chi connectivity index (χ1n) is 6.09. The van der Waals surface area contributed by atoms with Gasteiger partial charge in [0.15, 0.2) is 0 Å². The second kappa shape index (κ2) is 4.19. The van der Waals surface area contributed by atoms with Gasteiger partial charge in [0, 0.05) is 11.3 Å². The summed E-state index contributed by atoms with van der Waals surface area (Å²) in [7, 11) is 0. The predicted molar refractivity (Wildman–Crippen MR) is 78.5 cm³/mol. The number of benzene rings is 3. The minimum atomic E-state index is 0.830. The molecule has 3 aromatic rings. The first-order chi connectivity index (χ1) is 8.74. The van der Waals surface area contributed by atoms with Gasteiger partial charge in [0.1, 0.15) is 0 Å². The minimum Gasteiger partial charge on any atom is -0.398 e. The molecule has 0 bridgehead atoms. The summed E-state index contributed by atoms with van der Waals surface area (Å²) in [5.41, 5.74) is 10.4. The molecule has 0 aliphatic rings. The minimum absolute atomic E-state index is 0.830. The Morgan fingerprint density at radius 3 is 2.39 bits per heavy atom. The van der Waals surface area contributed by atoms with Crippen LogP contribution in [0.2, 0.25) is 0 Å². The molecule has 0 heterocycles. The highest BCUT2D eigenvalue weighted by atomic mass is 14.6. The van der Waals surface area contributed by atoms with Crippen LogP contribution in [-0.2, 0) is 0 Å². The van der Waals surface area contributed by atoms with Gasteiger partial charge in [-0.05, 0) is 41.5 Å². The van der Waals surface area contributed by atoms with Gasteiger partial charge in [-0.15, -0.1) is 0 Å². The summed E-state index contributed by atoms with van der Waals surface area (Å²) in [6.45, 7) is 2.09. The molecule has 0 atom stereocenters. The van der Waals surface area contributed by atoms with E-state index in [4.69, 9.17) is 5.73 Å². The number of rotatable bonds is 1. The zero-order chi connectivity index (χ0) is 12.5. The molecular formula is C17H15N. The van der Waals surface area contributed by atoms with Crippen LogP contribution in [0, 0.1) is 6.92 Å². The van der Waals surface area contributed by atoms with E-state index < -0.39 is 0 Å². The van der Waals surface area contributed by atoms with Crippen LogP contribution in [0.5, 0.6) is 0 Å². The fourth-order valence-electron chi connectivity index (χ4n) is 2.28.